The second-order valence-corrected chi connectivity index (χ2v) is 10.1. The number of carbonyl (C=O) groups excluding carboxylic acids is 1. The number of sulfonamides is 1. The van der Waals surface area contributed by atoms with Crippen molar-refractivity contribution in [1.82, 2.24) is 4.31 Å². The molecular formula is C24H23ClN2O3S. The maximum atomic E-state index is 13.5. The Morgan fingerprint density at radius 3 is 2.35 bits per heavy atom. The molecule has 5 nitrogen and oxygen atoms in total. The van der Waals surface area contributed by atoms with Crippen molar-refractivity contribution in [3.05, 3.63) is 94.0 Å². The first kappa shape index (κ1) is 21.6. The molecule has 7 heteroatoms. The molecule has 3 aromatic carbocycles. The SMILES string of the molecule is Cc1ccc(S(=O)(=O)N2Cc3ccccc3CC2C(=O)Nc2ccc(C)c(Cl)c2)cc1. The summed E-state index contributed by atoms with van der Waals surface area (Å²) in [7, 11) is -3.88. The second-order valence-electron chi connectivity index (χ2n) is 7.81. The van der Waals surface area contributed by atoms with Gasteiger partial charge in [0.1, 0.15) is 6.04 Å². The predicted molar refractivity (Wildman–Crippen MR) is 123 cm³/mol. The molecule has 160 valence electrons. The highest BCUT2D eigenvalue weighted by Gasteiger charge is 2.39. The summed E-state index contributed by atoms with van der Waals surface area (Å²) in [6.45, 7) is 3.91. The van der Waals surface area contributed by atoms with Crippen LogP contribution >= 0.6 is 11.6 Å². The van der Waals surface area contributed by atoms with Crippen LogP contribution in [-0.2, 0) is 27.8 Å². The monoisotopic (exact) mass is 454 g/mol. The Morgan fingerprint density at radius 1 is 1.00 bits per heavy atom. The van der Waals surface area contributed by atoms with Gasteiger partial charge in [-0.05, 0) is 61.2 Å². The fraction of sp³-hybridized carbons (Fsp3) is 0.208. The highest BCUT2D eigenvalue weighted by molar-refractivity contribution is 7.89. The predicted octanol–water partition coefficient (Wildman–Crippen LogP) is 4.71. The van der Waals surface area contributed by atoms with Crippen LogP contribution in [0.15, 0.2) is 71.6 Å². The molecule has 1 unspecified atom stereocenters. The number of fused-ring (bicyclic) bond motifs is 1. The van der Waals surface area contributed by atoms with Gasteiger partial charge in [-0.15, -0.1) is 0 Å². The third-order valence-corrected chi connectivity index (χ3v) is 7.85. The van der Waals surface area contributed by atoms with Gasteiger partial charge in [0.15, 0.2) is 0 Å². The van der Waals surface area contributed by atoms with Crippen LogP contribution in [0.2, 0.25) is 5.02 Å². The molecular weight excluding hydrogens is 432 g/mol. The van der Waals surface area contributed by atoms with E-state index in [-0.39, 0.29) is 17.3 Å². The first-order valence-corrected chi connectivity index (χ1v) is 11.8. The minimum absolute atomic E-state index is 0.138. The summed E-state index contributed by atoms with van der Waals surface area (Å²) in [5, 5.41) is 3.38. The number of halogens is 1. The van der Waals surface area contributed by atoms with Gasteiger partial charge in [0.2, 0.25) is 15.9 Å². The topological polar surface area (TPSA) is 66.5 Å². The number of rotatable bonds is 4. The van der Waals surface area contributed by atoms with Crippen molar-refractivity contribution in [2.45, 2.75) is 37.8 Å². The standard InChI is InChI=1S/C24H23ClN2O3S/c1-16-7-11-21(12-8-16)31(29,30)27-15-19-6-4-3-5-18(19)13-23(27)24(28)26-20-10-9-17(2)22(25)14-20/h3-12,14,23H,13,15H2,1-2H3,(H,26,28). The van der Waals surface area contributed by atoms with Crippen molar-refractivity contribution in [2.75, 3.05) is 5.32 Å². The van der Waals surface area contributed by atoms with E-state index in [1.54, 1.807) is 36.4 Å². The molecule has 0 radical (unpaired) electrons. The Balaban J connectivity index is 1.71. The molecule has 0 fully saturated rings. The number of carbonyl (C=O) groups is 1. The molecule has 31 heavy (non-hydrogen) atoms. The summed E-state index contributed by atoms with van der Waals surface area (Å²) in [4.78, 5) is 13.4. The molecule has 1 N–H and O–H groups in total. The summed E-state index contributed by atoms with van der Waals surface area (Å²) >= 11 is 6.19. The second kappa shape index (κ2) is 8.46. The number of hydrogen-bond acceptors (Lipinski definition) is 3. The lowest BCUT2D eigenvalue weighted by Crippen LogP contribution is -2.50. The molecule has 0 saturated heterocycles. The van der Waals surface area contributed by atoms with Crippen LogP contribution in [0.25, 0.3) is 0 Å². The van der Waals surface area contributed by atoms with Crippen molar-refractivity contribution in [2.24, 2.45) is 0 Å². The first-order valence-electron chi connectivity index (χ1n) is 9.98. The Bertz CT molecular complexity index is 1240. The minimum Gasteiger partial charge on any atom is -0.325 e. The van der Waals surface area contributed by atoms with Crippen molar-refractivity contribution < 1.29 is 13.2 Å². The lowest BCUT2D eigenvalue weighted by molar-refractivity contribution is -0.120. The zero-order valence-corrected chi connectivity index (χ0v) is 18.9. The molecule has 4 rings (SSSR count). The summed E-state index contributed by atoms with van der Waals surface area (Å²) in [5.74, 6) is -0.384. The number of hydrogen-bond donors (Lipinski definition) is 1. The van der Waals surface area contributed by atoms with Crippen LogP contribution in [0.5, 0.6) is 0 Å². The third kappa shape index (κ3) is 4.37. The Kier molecular flexibility index (Phi) is 5.88. The molecule has 1 atom stereocenters. The van der Waals surface area contributed by atoms with E-state index in [4.69, 9.17) is 11.6 Å². The van der Waals surface area contributed by atoms with Crippen molar-refractivity contribution in [1.29, 1.82) is 0 Å². The lowest BCUT2D eigenvalue weighted by atomic mass is 9.95. The van der Waals surface area contributed by atoms with Crippen LogP contribution in [0.1, 0.15) is 22.3 Å². The Hall–Kier alpha value is -2.67. The average molecular weight is 455 g/mol. The highest BCUT2D eigenvalue weighted by Crippen LogP contribution is 2.30. The summed E-state index contributed by atoms with van der Waals surface area (Å²) in [5.41, 5.74) is 4.27. The molecule has 0 saturated carbocycles. The molecule has 1 amide bonds. The van der Waals surface area contributed by atoms with Crippen LogP contribution < -0.4 is 5.32 Å². The quantitative estimate of drug-likeness (QED) is 0.620. The third-order valence-electron chi connectivity index (χ3n) is 5.58. The van der Waals surface area contributed by atoms with Gasteiger partial charge in [0.05, 0.1) is 4.90 Å². The zero-order chi connectivity index (χ0) is 22.2. The smallest absolute Gasteiger partial charge is 0.244 e. The van der Waals surface area contributed by atoms with Crippen LogP contribution in [0, 0.1) is 13.8 Å². The van der Waals surface area contributed by atoms with Gasteiger partial charge in [0, 0.05) is 17.3 Å². The molecule has 0 spiro atoms. The summed E-state index contributed by atoms with van der Waals surface area (Å²) < 4.78 is 28.3. The Labute approximate surface area is 187 Å². The van der Waals surface area contributed by atoms with Crippen LogP contribution in [-0.4, -0.2) is 24.7 Å². The van der Waals surface area contributed by atoms with E-state index in [2.05, 4.69) is 5.32 Å². The van der Waals surface area contributed by atoms with Gasteiger partial charge < -0.3 is 5.32 Å². The number of benzene rings is 3. The van der Waals surface area contributed by atoms with Crippen LogP contribution in [0.4, 0.5) is 5.69 Å². The summed E-state index contributed by atoms with van der Waals surface area (Å²) in [6.07, 6.45) is 0.298. The van der Waals surface area contributed by atoms with Gasteiger partial charge >= 0.3 is 0 Å². The van der Waals surface area contributed by atoms with E-state index in [9.17, 15) is 13.2 Å². The number of anilines is 1. The van der Waals surface area contributed by atoms with Gasteiger partial charge in [-0.1, -0.05) is 59.6 Å². The van der Waals surface area contributed by atoms with E-state index in [0.29, 0.717) is 17.1 Å². The van der Waals surface area contributed by atoms with Crippen molar-refractivity contribution >= 4 is 33.2 Å². The van der Waals surface area contributed by atoms with Gasteiger partial charge in [0.25, 0.3) is 0 Å². The highest BCUT2D eigenvalue weighted by atomic mass is 35.5. The molecule has 1 heterocycles. The maximum Gasteiger partial charge on any atom is 0.244 e. The molecule has 1 aliphatic heterocycles. The molecule has 0 bridgehead atoms. The maximum absolute atomic E-state index is 13.5. The average Bonchev–Trinajstić information content (AvgIpc) is 2.75. The summed E-state index contributed by atoms with van der Waals surface area (Å²) in [6, 6.07) is 18.7. The molecule has 0 aromatic heterocycles. The largest absolute Gasteiger partial charge is 0.325 e. The van der Waals surface area contributed by atoms with Crippen molar-refractivity contribution in [3.8, 4) is 0 Å². The number of aryl methyl sites for hydroxylation is 2. The fourth-order valence-corrected chi connectivity index (χ4v) is 5.46. The van der Waals surface area contributed by atoms with Crippen molar-refractivity contribution in [3.63, 3.8) is 0 Å². The number of amides is 1. The zero-order valence-electron chi connectivity index (χ0n) is 17.3. The fourth-order valence-electron chi connectivity index (χ4n) is 3.72. The normalized spacial score (nSPS) is 16.5. The first-order chi connectivity index (χ1) is 14.8. The number of nitrogens with zero attached hydrogens (tertiary/aromatic N) is 1. The molecule has 0 aliphatic carbocycles. The lowest BCUT2D eigenvalue weighted by Gasteiger charge is -2.35. The Morgan fingerprint density at radius 2 is 1.68 bits per heavy atom. The number of nitrogens with one attached hydrogen (secondary N) is 1. The van der Waals surface area contributed by atoms with Gasteiger partial charge in [-0.2, -0.15) is 4.31 Å². The van der Waals surface area contributed by atoms with E-state index < -0.39 is 16.1 Å². The van der Waals surface area contributed by atoms with E-state index in [0.717, 1.165) is 22.3 Å². The van der Waals surface area contributed by atoms with Gasteiger partial charge in [-0.25, -0.2) is 8.42 Å². The van der Waals surface area contributed by atoms with Gasteiger partial charge in [-0.3, -0.25) is 4.79 Å². The molecule has 3 aromatic rings. The van der Waals surface area contributed by atoms with E-state index >= 15 is 0 Å². The van der Waals surface area contributed by atoms with E-state index in [1.807, 2.05) is 44.2 Å². The van der Waals surface area contributed by atoms with Crippen LogP contribution in [0.3, 0.4) is 0 Å². The minimum atomic E-state index is -3.88. The van der Waals surface area contributed by atoms with E-state index in [1.165, 1.54) is 4.31 Å². The molecule has 1 aliphatic rings.